The Labute approximate surface area is 80.7 Å². The van der Waals surface area contributed by atoms with Gasteiger partial charge in [-0.2, -0.15) is 0 Å². The van der Waals surface area contributed by atoms with Crippen LogP contribution in [-0.2, 0) is 4.79 Å². The Kier molecular flexibility index (Phi) is 3.52. The molecule has 70 valence electrons. The van der Waals surface area contributed by atoms with Gasteiger partial charge in [-0.1, -0.05) is 11.6 Å². The van der Waals surface area contributed by atoms with Gasteiger partial charge in [0, 0.05) is 6.20 Å². The minimum atomic E-state index is -0.403. The maximum Gasteiger partial charge on any atom is 0.220 e. The topological polar surface area (TPSA) is 65.2 Å². The predicted molar refractivity (Wildman–Crippen MR) is 48.6 cm³/mol. The molecular weight excluding hydrogens is 192 g/mol. The SMILES string of the molecule is NC(=O)CCOc1cccnc1Cl. The van der Waals surface area contributed by atoms with E-state index in [9.17, 15) is 4.79 Å². The van der Waals surface area contributed by atoms with Gasteiger partial charge in [0.15, 0.2) is 10.9 Å². The van der Waals surface area contributed by atoms with Gasteiger partial charge in [0.2, 0.25) is 5.91 Å². The highest BCUT2D eigenvalue weighted by Crippen LogP contribution is 2.20. The van der Waals surface area contributed by atoms with E-state index in [1.54, 1.807) is 18.3 Å². The summed E-state index contributed by atoms with van der Waals surface area (Å²) >= 11 is 5.69. The summed E-state index contributed by atoms with van der Waals surface area (Å²) in [6.45, 7) is 0.223. The van der Waals surface area contributed by atoms with Gasteiger partial charge in [0.25, 0.3) is 0 Å². The first kappa shape index (κ1) is 9.80. The Morgan fingerprint density at radius 3 is 3.08 bits per heavy atom. The molecule has 0 bridgehead atoms. The smallest absolute Gasteiger partial charge is 0.220 e. The van der Waals surface area contributed by atoms with Crippen LogP contribution in [0.3, 0.4) is 0 Å². The van der Waals surface area contributed by atoms with E-state index in [0.29, 0.717) is 5.75 Å². The zero-order valence-corrected chi connectivity index (χ0v) is 7.62. The second-order valence-corrected chi connectivity index (χ2v) is 2.72. The molecule has 0 spiro atoms. The van der Waals surface area contributed by atoms with E-state index in [1.165, 1.54) is 0 Å². The van der Waals surface area contributed by atoms with E-state index in [-0.39, 0.29) is 18.2 Å². The number of carbonyl (C=O) groups is 1. The zero-order chi connectivity index (χ0) is 9.68. The average Bonchev–Trinajstić information content (AvgIpc) is 2.08. The normalized spacial score (nSPS) is 9.62. The van der Waals surface area contributed by atoms with Gasteiger partial charge in [-0.25, -0.2) is 4.98 Å². The van der Waals surface area contributed by atoms with E-state index in [1.807, 2.05) is 0 Å². The maximum atomic E-state index is 10.4. The fourth-order valence-corrected chi connectivity index (χ4v) is 0.914. The van der Waals surface area contributed by atoms with Crippen molar-refractivity contribution in [1.82, 2.24) is 4.98 Å². The number of amides is 1. The second kappa shape index (κ2) is 4.67. The first-order valence-corrected chi connectivity index (χ1v) is 4.09. The van der Waals surface area contributed by atoms with Gasteiger partial charge < -0.3 is 10.5 Å². The third-order valence-electron chi connectivity index (χ3n) is 1.33. The molecule has 1 amide bonds. The molecule has 4 nitrogen and oxygen atoms in total. The van der Waals surface area contributed by atoms with E-state index in [4.69, 9.17) is 22.1 Å². The number of hydrogen-bond donors (Lipinski definition) is 1. The molecule has 0 aromatic carbocycles. The summed E-state index contributed by atoms with van der Waals surface area (Å²) < 4.78 is 5.15. The number of primary amides is 1. The lowest BCUT2D eigenvalue weighted by Crippen LogP contribution is -2.14. The summed E-state index contributed by atoms with van der Waals surface area (Å²) in [7, 11) is 0. The van der Waals surface area contributed by atoms with Crippen molar-refractivity contribution in [2.45, 2.75) is 6.42 Å². The molecule has 5 heteroatoms. The third-order valence-corrected chi connectivity index (χ3v) is 1.61. The van der Waals surface area contributed by atoms with Gasteiger partial charge >= 0.3 is 0 Å². The Morgan fingerprint density at radius 2 is 2.46 bits per heavy atom. The van der Waals surface area contributed by atoms with Gasteiger partial charge in [-0.3, -0.25) is 4.79 Å². The zero-order valence-electron chi connectivity index (χ0n) is 6.87. The van der Waals surface area contributed by atoms with Crippen LogP contribution >= 0.6 is 11.6 Å². The van der Waals surface area contributed by atoms with Crippen LogP contribution in [0.5, 0.6) is 5.75 Å². The molecule has 0 saturated heterocycles. The van der Waals surface area contributed by atoms with Crippen molar-refractivity contribution in [3.05, 3.63) is 23.5 Å². The summed E-state index contributed by atoms with van der Waals surface area (Å²) in [4.78, 5) is 14.2. The molecular formula is C8H9ClN2O2. The van der Waals surface area contributed by atoms with Crippen LogP contribution in [0, 0.1) is 0 Å². The van der Waals surface area contributed by atoms with E-state index in [2.05, 4.69) is 4.98 Å². The minimum absolute atomic E-state index is 0.172. The number of hydrogen-bond acceptors (Lipinski definition) is 3. The molecule has 2 N–H and O–H groups in total. The van der Waals surface area contributed by atoms with E-state index < -0.39 is 5.91 Å². The molecule has 1 aromatic heterocycles. The number of pyridine rings is 1. The third kappa shape index (κ3) is 3.29. The summed E-state index contributed by atoms with van der Waals surface area (Å²) in [6, 6.07) is 3.38. The van der Waals surface area contributed by atoms with Crippen LogP contribution in [0.15, 0.2) is 18.3 Å². The summed E-state index contributed by atoms with van der Waals surface area (Å²) in [5.74, 6) is 0.0606. The van der Waals surface area contributed by atoms with Crippen molar-refractivity contribution in [3.63, 3.8) is 0 Å². The molecule has 13 heavy (non-hydrogen) atoms. The fourth-order valence-electron chi connectivity index (χ4n) is 0.741. The number of nitrogens with zero attached hydrogens (tertiary/aromatic N) is 1. The Bertz CT molecular complexity index is 304. The van der Waals surface area contributed by atoms with Crippen molar-refractivity contribution >= 4 is 17.5 Å². The first-order chi connectivity index (χ1) is 6.20. The number of carbonyl (C=O) groups excluding carboxylic acids is 1. The molecule has 0 fully saturated rings. The van der Waals surface area contributed by atoms with E-state index >= 15 is 0 Å². The van der Waals surface area contributed by atoms with Crippen LogP contribution < -0.4 is 10.5 Å². The number of ether oxygens (including phenoxy) is 1. The Balaban J connectivity index is 2.45. The van der Waals surface area contributed by atoms with Gasteiger partial charge in [0.1, 0.15) is 0 Å². The molecule has 0 unspecified atom stereocenters. The molecule has 0 radical (unpaired) electrons. The van der Waals surface area contributed by atoms with Crippen molar-refractivity contribution in [3.8, 4) is 5.75 Å². The Hall–Kier alpha value is -1.29. The van der Waals surface area contributed by atoms with Crippen LogP contribution in [-0.4, -0.2) is 17.5 Å². The minimum Gasteiger partial charge on any atom is -0.490 e. The number of aromatic nitrogens is 1. The second-order valence-electron chi connectivity index (χ2n) is 2.36. The lowest BCUT2D eigenvalue weighted by atomic mass is 10.4. The Morgan fingerprint density at radius 1 is 1.69 bits per heavy atom. The highest BCUT2D eigenvalue weighted by Gasteiger charge is 2.01. The largest absolute Gasteiger partial charge is 0.490 e. The van der Waals surface area contributed by atoms with Crippen molar-refractivity contribution < 1.29 is 9.53 Å². The van der Waals surface area contributed by atoms with E-state index in [0.717, 1.165) is 0 Å². The highest BCUT2D eigenvalue weighted by molar-refractivity contribution is 6.30. The number of rotatable bonds is 4. The van der Waals surface area contributed by atoms with Gasteiger partial charge in [0.05, 0.1) is 13.0 Å². The van der Waals surface area contributed by atoms with Crippen LogP contribution in [0.2, 0.25) is 5.15 Å². The molecule has 0 aliphatic rings. The maximum absolute atomic E-state index is 10.4. The molecule has 1 rings (SSSR count). The van der Waals surface area contributed by atoms with Crippen molar-refractivity contribution in [1.29, 1.82) is 0 Å². The summed E-state index contributed by atoms with van der Waals surface area (Å²) in [5, 5.41) is 0.284. The molecule has 1 heterocycles. The van der Waals surface area contributed by atoms with Gasteiger partial charge in [-0.15, -0.1) is 0 Å². The molecule has 0 aliphatic carbocycles. The lowest BCUT2D eigenvalue weighted by Gasteiger charge is -2.04. The predicted octanol–water partition coefficient (Wildman–Crippen LogP) is 0.989. The number of nitrogens with two attached hydrogens (primary N) is 1. The fraction of sp³-hybridized carbons (Fsp3) is 0.250. The standard InChI is InChI=1S/C8H9ClN2O2/c9-8-6(2-1-4-11-8)13-5-3-7(10)12/h1-2,4H,3,5H2,(H2,10,12). The molecule has 0 saturated carbocycles. The van der Waals surface area contributed by atoms with Crippen molar-refractivity contribution in [2.75, 3.05) is 6.61 Å². The molecule has 0 aliphatic heterocycles. The van der Waals surface area contributed by atoms with Crippen LogP contribution in [0.25, 0.3) is 0 Å². The lowest BCUT2D eigenvalue weighted by molar-refractivity contribution is -0.118. The highest BCUT2D eigenvalue weighted by atomic mass is 35.5. The molecule has 0 atom stereocenters. The quantitative estimate of drug-likeness (QED) is 0.738. The van der Waals surface area contributed by atoms with Crippen molar-refractivity contribution in [2.24, 2.45) is 5.73 Å². The van der Waals surface area contributed by atoms with Gasteiger partial charge in [-0.05, 0) is 12.1 Å². The average molecular weight is 201 g/mol. The monoisotopic (exact) mass is 200 g/mol. The summed E-state index contributed by atoms with van der Waals surface area (Å²) in [5.41, 5.74) is 4.93. The first-order valence-electron chi connectivity index (χ1n) is 3.72. The molecule has 1 aromatic rings. The van der Waals surface area contributed by atoms with Crippen LogP contribution in [0.4, 0.5) is 0 Å². The number of halogens is 1. The van der Waals surface area contributed by atoms with Crippen LogP contribution in [0.1, 0.15) is 6.42 Å². The summed E-state index contributed by atoms with van der Waals surface area (Å²) in [6.07, 6.45) is 1.73.